The Labute approximate surface area is 327 Å². The smallest absolute Gasteiger partial charge is 0.309 e. The number of ether oxygens (including phenoxy) is 1. The molecule has 1 aromatic heterocycles. The molecule has 3 saturated carbocycles. The van der Waals surface area contributed by atoms with E-state index in [0.717, 1.165) is 80.7 Å². The number of Topliss-reactive ketones (excluding diaryl/α,β-unsaturated/α-hetero) is 1. The van der Waals surface area contributed by atoms with E-state index in [9.17, 15) is 24.8 Å². The van der Waals surface area contributed by atoms with Gasteiger partial charge in [0.15, 0.2) is 11.6 Å². The third kappa shape index (κ3) is 7.08. The molecule has 4 aliphatic rings. The third-order valence-electron chi connectivity index (χ3n) is 15.0. The highest BCUT2D eigenvalue weighted by Gasteiger charge is 2.64. The van der Waals surface area contributed by atoms with Crippen LogP contribution in [0.25, 0.3) is 11.4 Å². The van der Waals surface area contributed by atoms with Gasteiger partial charge in [-0.15, -0.1) is 10.2 Å². The average molecular weight is 754 g/mol. The molecule has 4 aliphatic carbocycles. The fourth-order valence-electron chi connectivity index (χ4n) is 11.8. The average Bonchev–Trinajstić information content (AvgIpc) is 3.70. The van der Waals surface area contributed by atoms with Gasteiger partial charge in [-0.25, -0.2) is 0 Å². The lowest BCUT2D eigenvalue weighted by molar-refractivity contribution is -0.160. The lowest BCUT2D eigenvalue weighted by atomic mass is 9.40. The lowest BCUT2D eigenvalue weighted by Gasteiger charge is -2.65. The van der Waals surface area contributed by atoms with Gasteiger partial charge in [0.2, 0.25) is 0 Å². The van der Waals surface area contributed by atoms with Crippen LogP contribution in [-0.2, 0) is 31.1 Å². The number of rotatable bonds is 13. The maximum atomic E-state index is 14.3. The quantitative estimate of drug-likeness (QED) is 0.193. The normalized spacial score (nSPS) is 31.0. The zero-order valence-corrected chi connectivity index (χ0v) is 34.6. The van der Waals surface area contributed by atoms with E-state index in [1.165, 1.54) is 5.57 Å². The molecule has 298 valence electrons. The van der Waals surface area contributed by atoms with Crippen molar-refractivity contribution in [2.45, 2.75) is 138 Å². The van der Waals surface area contributed by atoms with Gasteiger partial charge in [0, 0.05) is 25.1 Å². The van der Waals surface area contributed by atoms with Gasteiger partial charge in [-0.3, -0.25) is 14.4 Å². The molecule has 3 fully saturated rings. The van der Waals surface area contributed by atoms with E-state index in [1.807, 2.05) is 38.2 Å². The highest BCUT2D eigenvalue weighted by atomic mass is 16.5. The van der Waals surface area contributed by atoms with Crippen LogP contribution in [0.1, 0.15) is 131 Å². The number of carboxylic acids is 1. The predicted molar refractivity (Wildman–Crippen MR) is 212 cm³/mol. The van der Waals surface area contributed by atoms with Gasteiger partial charge in [-0.1, -0.05) is 34.6 Å². The molecule has 55 heavy (non-hydrogen) atoms. The zero-order chi connectivity index (χ0) is 40.1. The van der Waals surface area contributed by atoms with Crippen LogP contribution in [0.2, 0.25) is 0 Å². The predicted octanol–water partition coefficient (Wildman–Crippen LogP) is 8.29. The third-order valence-corrected chi connectivity index (χ3v) is 15.0. The Bertz CT molecular complexity index is 1870. The van der Waals surface area contributed by atoms with Crippen LogP contribution < -0.4 is 5.32 Å². The molecular weight excluding hydrogens is 691 g/mol. The van der Waals surface area contributed by atoms with Crippen LogP contribution in [0.3, 0.4) is 0 Å². The molecule has 2 aromatic rings. The summed E-state index contributed by atoms with van der Waals surface area (Å²) in [5.74, 6) is 2.35. The first-order valence-corrected chi connectivity index (χ1v) is 20.7. The molecule has 0 amide bonds. The Morgan fingerprint density at radius 1 is 1.09 bits per heavy atom. The van der Waals surface area contributed by atoms with Crippen molar-refractivity contribution in [1.82, 2.24) is 20.1 Å². The summed E-state index contributed by atoms with van der Waals surface area (Å²) in [6.45, 7) is 18.2. The van der Waals surface area contributed by atoms with Crippen LogP contribution in [0, 0.1) is 57.2 Å². The number of hydrogen-bond donors (Lipinski definition) is 2. The number of carbonyl (C=O) groups excluding carboxylic acids is 2. The number of aliphatic carboxylic acids is 1. The monoisotopic (exact) mass is 753 g/mol. The van der Waals surface area contributed by atoms with E-state index >= 15 is 0 Å². The molecule has 1 heterocycles. The summed E-state index contributed by atoms with van der Waals surface area (Å²) in [4.78, 5) is 38.7. The Kier molecular flexibility index (Phi) is 11.3. The highest BCUT2D eigenvalue weighted by molar-refractivity contribution is 6.01. The Morgan fingerprint density at radius 2 is 1.80 bits per heavy atom. The summed E-state index contributed by atoms with van der Waals surface area (Å²) in [5.41, 5.74) is 2.37. The van der Waals surface area contributed by atoms with Crippen LogP contribution in [-0.4, -0.2) is 57.3 Å². The largest absolute Gasteiger partial charge is 0.481 e. The summed E-state index contributed by atoms with van der Waals surface area (Å²) in [6, 6.07) is 9.75. The maximum Gasteiger partial charge on any atom is 0.309 e. The van der Waals surface area contributed by atoms with E-state index in [1.54, 1.807) is 13.8 Å². The summed E-state index contributed by atoms with van der Waals surface area (Å²) < 4.78 is 8.05. The van der Waals surface area contributed by atoms with E-state index in [4.69, 9.17) is 14.9 Å². The van der Waals surface area contributed by atoms with Gasteiger partial charge < -0.3 is 19.7 Å². The number of likely N-dealkylation sites (N-methyl/N-ethyl adjacent to an activating group) is 1. The Balaban J connectivity index is 1.32. The van der Waals surface area contributed by atoms with Crippen molar-refractivity contribution in [3.05, 3.63) is 46.8 Å². The molecule has 10 heteroatoms. The van der Waals surface area contributed by atoms with Gasteiger partial charge in [0.05, 0.1) is 35.0 Å². The minimum absolute atomic E-state index is 0.0532. The van der Waals surface area contributed by atoms with Crippen molar-refractivity contribution < 1.29 is 24.2 Å². The molecule has 6 rings (SSSR count). The van der Waals surface area contributed by atoms with Gasteiger partial charge in [0.25, 0.3) is 0 Å². The second-order valence-electron chi connectivity index (χ2n) is 19.0. The number of esters is 1. The van der Waals surface area contributed by atoms with Crippen molar-refractivity contribution in [2.75, 3.05) is 13.6 Å². The number of carbonyl (C=O) groups is 3. The topological polar surface area (TPSA) is 147 Å². The Hall–Kier alpha value is -3.84. The van der Waals surface area contributed by atoms with Gasteiger partial charge in [-0.05, 0) is 155 Å². The molecular formula is C45H63N5O5. The maximum absolute atomic E-state index is 14.3. The van der Waals surface area contributed by atoms with Crippen molar-refractivity contribution in [2.24, 2.45) is 45.8 Å². The molecule has 0 aliphatic heterocycles. The summed E-state index contributed by atoms with van der Waals surface area (Å²) in [6.07, 6.45) is 8.01. The summed E-state index contributed by atoms with van der Waals surface area (Å²) >= 11 is 0. The number of nitrogens with zero attached hydrogens (tertiary/aromatic N) is 4. The van der Waals surface area contributed by atoms with Crippen LogP contribution in [0.15, 0.2) is 35.4 Å². The van der Waals surface area contributed by atoms with Gasteiger partial charge in [-0.2, -0.15) is 5.26 Å². The van der Waals surface area contributed by atoms with E-state index < -0.39 is 22.8 Å². The molecule has 2 N–H and O–H groups in total. The van der Waals surface area contributed by atoms with E-state index in [-0.39, 0.29) is 35.1 Å². The van der Waals surface area contributed by atoms with E-state index in [0.29, 0.717) is 42.2 Å². The minimum atomic E-state index is -1.16. The van der Waals surface area contributed by atoms with Crippen molar-refractivity contribution in [1.29, 1.82) is 5.26 Å². The van der Waals surface area contributed by atoms with Crippen LogP contribution >= 0.6 is 0 Å². The molecule has 0 bridgehead atoms. The first kappa shape index (κ1) is 40.8. The molecule has 1 aromatic carbocycles. The Morgan fingerprint density at radius 3 is 2.44 bits per heavy atom. The number of nitriles is 1. The molecule has 0 spiro atoms. The molecule has 8 atom stereocenters. The molecule has 10 nitrogen and oxygen atoms in total. The molecule has 7 unspecified atom stereocenters. The van der Waals surface area contributed by atoms with E-state index in [2.05, 4.69) is 50.6 Å². The SMILES string of the molecule is CNCCn1c(-c2ccc(C#N)cc2)nnc1C12CCC3C(CCC4C3(C)CC[C@@H](C)C4(C)CCC(C)OC(=O)CC(C)(C)C(=O)O)C1=C(C(C)C)C(=O)C2. The number of carboxylic acid groups (broad SMARTS) is 1. The number of aromatic nitrogens is 3. The highest BCUT2D eigenvalue weighted by Crippen LogP contribution is 2.70. The number of nitrogens with one attached hydrogen (secondary N) is 1. The minimum Gasteiger partial charge on any atom is -0.481 e. The number of benzene rings is 1. The fraction of sp³-hybridized carbons (Fsp3) is 0.689. The van der Waals surface area contributed by atoms with Crippen LogP contribution in [0.4, 0.5) is 0 Å². The van der Waals surface area contributed by atoms with Crippen LogP contribution in [0.5, 0.6) is 0 Å². The zero-order valence-electron chi connectivity index (χ0n) is 34.6. The number of hydrogen-bond acceptors (Lipinski definition) is 8. The number of allylic oxidation sites excluding steroid dienone is 2. The molecule has 0 saturated heterocycles. The fourth-order valence-corrected chi connectivity index (χ4v) is 11.8. The summed E-state index contributed by atoms with van der Waals surface area (Å²) in [7, 11) is 1.95. The van der Waals surface area contributed by atoms with Crippen molar-refractivity contribution >= 4 is 17.7 Å². The first-order chi connectivity index (χ1) is 25.9. The van der Waals surface area contributed by atoms with Gasteiger partial charge >= 0.3 is 11.9 Å². The van der Waals surface area contributed by atoms with Crippen molar-refractivity contribution in [3.63, 3.8) is 0 Å². The lowest BCUT2D eigenvalue weighted by Crippen LogP contribution is -2.57. The van der Waals surface area contributed by atoms with Crippen molar-refractivity contribution in [3.8, 4) is 17.5 Å². The van der Waals surface area contributed by atoms with Gasteiger partial charge in [0.1, 0.15) is 5.82 Å². The summed E-state index contributed by atoms with van der Waals surface area (Å²) in [5, 5.41) is 32.1. The number of ketones is 1. The second-order valence-corrected chi connectivity index (χ2v) is 19.0. The first-order valence-electron chi connectivity index (χ1n) is 20.7. The second kappa shape index (κ2) is 15.2. The number of fused-ring (bicyclic) bond motifs is 5. The standard InChI is InChI=1S/C45H63N5O5/c1-27(2)37-34(51)24-45(40-49-48-39(50(40)23-22-47-9)31-12-10-30(26-46)11-13-31)21-18-33-32(38(37)45)14-15-35-43(7,28(3)16-19-44(33,35)8)20-17-29(4)55-36(52)25-42(5,6)41(53)54/h10-13,27-29,32-33,35,47H,14-25H2,1-9H3,(H,53,54)/t28-,29?,32?,33?,35?,43?,44?,45?/m1/s1. The molecule has 0 radical (unpaired) electrons.